The van der Waals surface area contributed by atoms with Crippen molar-refractivity contribution in [3.8, 4) is 6.07 Å². The van der Waals surface area contributed by atoms with Crippen LogP contribution in [0.1, 0.15) is 29.2 Å². The Morgan fingerprint density at radius 1 is 1.20 bits per heavy atom. The van der Waals surface area contributed by atoms with Gasteiger partial charge in [-0.05, 0) is 49.2 Å². The van der Waals surface area contributed by atoms with Crippen molar-refractivity contribution in [3.63, 3.8) is 0 Å². The van der Waals surface area contributed by atoms with Gasteiger partial charge in [0, 0.05) is 23.7 Å². The Morgan fingerprint density at radius 2 is 1.93 bits per heavy atom. The number of hydrogen-bond donors (Lipinski definition) is 0. The number of benzene rings is 2. The van der Waals surface area contributed by atoms with Crippen LogP contribution in [0.4, 0.5) is 10.2 Å². The third-order valence-corrected chi connectivity index (χ3v) is 7.27. The molecule has 0 aliphatic carbocycles. The van der Waals surface area contributed by atoms with Crippen molar-refractivity contribution in [1.82, 2.24) is 4.98 Å². The van der Waals surface area contributed by atoms with Crippen molar-refractivity contribution in [3.05, 3.63) is 88.9 Å². The zero-order chi connectivity index (χ0) is 21.5. The number of sulfonamides is 1. The van der Waals surface area contributed by atoms with Crippen LogP contribution in [0, 0.1) is 24.1 Å². The molecule has 4 rings (SSSR count). The van der Waals surface area contributed by atoms with Crippen LogP contribution in [0.5, 0.6) is 0 Å². The Labute approximate surface area is 175 Å². The molecule has 1 atom stereocenters. The molecular formula is C23H20FN3O2S. The molecule has 2 aromatic carbocycles. The first kappa shape index (κ1) is 20.0. The van der Waals surface area contributed by atoms with Gasteiger partial charge in [-0.25, -0.2) is 22.1 Å². The maximum absolute atomic E-state index is 14.1. The van der Waals surface area contributed by atoms with Crippen LogP contribution < -0.4 is 4.31 Å². The van der Waals surface area contributed by atoms with E-state index in [9.17, 15) is 12.8 Å². The molecule has 0 spiro atoms. The van der Waals surface area contributed by atoms with E-state index in [4.69, 9.17) is 5.26 Å². The quantitative estimate of drug-likeness (QED) is 0.635. The van der Waals surface area contributed by atoms with Crippen molar-refractivity contribution in [2.75, 3.05) is 10.8 Å². The third-order valence-electron chi connectivity index (χ3n) is 5.52. The molecule has 30 heavy (non-hydrogen) atoms. The molecule has 3 aromatic rings. The number of aromatic nitrogens is 1. The van der Waals surface area contributed by atoms with Gasteiger partial charge in [0.1, 0.15) is 17.7 Å². The Hall–Kier alpha value is -3.24. The van der Waals surface area contributed by atoms with Crippen LogP contribution >= 0.6 is 0 Å². The van der Waals surface area contributed by atoms with Crippen molar-refractivity contribution in [2.24, 2.45) is 0 Å². The van der Waals surface area contributed by atoms with E-state index in [1.165, 1.54) is 16.4 Å². The van der Waals surface area contributed by atoms with Gasteiger partial charge in [0.25, 0.3) is 10.0 Å². The first-order valence-electron chi connectivity index (χ1n) is 9.48. The lowest BCUT2D eigenvalue weighted by atomic mass is 9.79. The van der Waals surface area contributed by atoms with Crippen molar-refractivity contribution < 1.29 is 12.8 Å². The first-order valence-corrected chi connectivity index (χ1v) is 10.9. The number of anilines is 1. The normalized spacial score (nSPS) is 18.1. The summed E-state index contributed by atoms with van der Waals surface area (Å²) in [7, 11) is -3.80. The molecule has 0 saturated heterocycles. The van der Waals surface area contributed by atoms with Gasteiger partial charge in [-0.2, -0.15) is 5.26 Å². The predicted octanol–water partition coefficient (Wildman–Crippen LogP) is 4.11. The van der Waals surface area contributed by atoms with Gasteiger partial charge in [0.05, 0.1) is 10.5 Å². The van der Waals surface area contributed by atoms with E-state index in [0.717, 1.165) is 11.1 Å². The van der Waals surface area contributed by atoms with Crippen LogP contribution in [0.25, 0.3) is 0 Å². The predicted molar refractivity (Wildman–Crippen MR) is 112 cm³/mol. The average molecular weight is 421 g/mol. The van der Waals surface area contributed by atoms with Crippen LogP contribution in [-0.2, 0) is 21.9 Å². The Morgan fingerprint density at radius 3 is 2.60 bits per heavy atom. The zero-order valence-corrected chi connectivity index (χ0v) is 17.4. The van der Waals surface area contributed by atoms with Gasteiger partial charge in [0.15, 0.2) is 0 Å². The summed E-state index contributed by atoms with van der Waals surface area (Å²) in [6, 6.07) is 16.7. The summed E-state index contributed by atoms with van der Waals surface area (Å²) in [5.41, 5.74) is 1.86. The summed E-state index contributed by atoms with van der Waals surface area (Å²) in [6.07, 6.45) is 1.98. The lowest BCUT2D eigenvalue weighted by Gasteiger charge is -2.26. The van der Waals surface area contributed by atoms with Crippen LogP contribution in [-0.4, -0.2) is 19.9 Å². The van der Waals surface area contributed by atoms with Crippen molar-refractivity contribution in [2.45, 2.75) is 30.6 Å². The molecule has 0 amide bonds. The lowest BCUT2D eigenvalue weighted by Crippen LogP contribution is -2.36. The van der Waals surface area contributed by atoms with Gasteiger partial charge < -0.3 is 0 Å². The molecule has 1 aliphatic rings. The van der Waals surface area contributed by atoms with Gasteiger partial charge in [-0.1, -0.05) is 36.8 Å². The highest BCUT2D eigenvalue weighted by atomic mass is 32.2. The number of aryl methyl sites for hydroxylation is 1. The van der Waals surface area contributed by atoms with Gasteiger partial charge in [-0.3, -0.25) is 0 Å². The van der Waals surface area contributed by atoms with E-state index in [-0.39, 0.29) is 17.0 Å². The summed E-state index contributed by atoms with van der Waals surface area (Å²) < 4.78 is 42.2. The number of hydrogen-bond acceptors (Lipinski definition) is 4. The number of nitrogens with zero attached hydrogens (tertiary/aromatic N) is 3. The minimum absolute atomic E-state index is 0.0130. The molecule has 0 bridgehead atoms. The second-order valence-electron chi connectivity index (χ2n) is 7.86. The second kappa shape index (κ2) is 7.22. The van der Waals surface area contributed by atoms with Gasteiger partial charge >= 0.3 is 0 Å². The SMILES string of the molecule is Cc1ccc(S(=O)(=O)N2CC(C)(Cc3ccc(C#N)c(F)c3)c3cccnc32)cc1. The summed E-state index contributed by atoms with van der Waals surface area (Å²) in [5.74, 6) is -0.179. The number of halogens is 1. The monoisotopic (exact) mass is 421 g/mol. The number of nitriles is 1. The van der Waals surface area contributed by atoms with Crippen molar-refractivity contribution >= 4 is 15.8 Å². The molecule has 152 valence electrons. The minimum atomic E-state index is -3.80. The Bertz CT molecular complexity index is 1270. The summed E-state index contributed by atoms with van der Waals surface area (Å²) in [4.78, 5) is 4.57. The molecule has 1 aliphatic heterocycles. The fourth-order valence-corrected chi connectivity index (χ4v) is 5.50. The Kier molecular flexibility index (Phi) is 4.83. The molecule has 7 heteroatoms. The molecule has 0 saturated carbocycles. The fourth-order valence-electron chi connectivity index (χ4n) is 3.94. The van der Waals surface area contributed by atoms with Gasteiger partial charge in [-0.15, -0.1) is 0 Å². The molecule has 1 aromatic heterocycles. The van der Waals surface area contributed by atoms with Crippen LogP contribution in [0.15, 0.2) is 65.7 Å². The second-order valence-corrected chi connectivity index (χ2v) is 9.73. The molecule has 1 unspecified atom stereocenters. The topological polar surface area (TPSA) is 74.1 Å². The number of fused-ring (bicyclic) bond motifs is 1. The summed E-state index contributed by atoms with van der Waals surface area (Å²) in [5, 5.41) is 8.95. The van der Waals surface area contributed by atoms with Crippen molar-refractivity contribution in [1.29, 1.82) is 5.26 Å². The highest BCUT2D eigenvalue weighted by Crippen LogP contribution is 2.43. The summed E-state index contributed by atoms with van der Waals surface area (Å²) in [6.45, 7) is 4.04. The van der Waals surface area contributed by atoms with Crippen LogP contribution in [0.3, 0.4) is 0 Å². The molecule has 5 nitrogen and oxygen atoms in total. The maximum Gasteiger partial charge on any atom is 0.265 e. The molecule has 2 heterocycles. The smallest absolute Gasteiger partial charge is 0.249 e. The largest absolute Gasteiger partial charge is 0.265 e. The zero-order valence-electron chi connectivity index (χ0n) is 16.6. The minimum Gasteiger partial charge on any atom is -0.249 e. The first-order chi connectivity index (χ1) is 14.2. The summed E-state index contributed by atoms with van der Waals surface area (Å²) >= 11 is 0. The molecular weight excluding hydrogens is 401 g/mol. The van der Waals surface area contributed by atoms with E-state index in [2.05, 4.69) is 4.98 Å². The van der Waals surface area contributed by atoms with E-state index in [1.54, 1.807) is 42.6 Å². The fraction of sp³-hybridized carbons (Fsp3) is 0.217. The molecule has 0 radical (unpaired) electrons. The maximum atomic E-state index is 14.1. The Balaban J connectivity index is 1.74. The van der Waals surface area contributed by atoms with E-state index in [1.807, 2.05) is 26.0 Å². The standard InChI is InChI=1S/C23H20FN3O2S/c1-16-5-9-19(10-6-16)30(28,29)27-15-23(2,20-4-3-11-26-22(20)27)13-17-7-8-18(14-25)21(24)12-17/h3-12H,13,15H2,1-2H3. The average Bonchev–Trinajstić information content (AvgIpc) is 3.02. The van der Waals surface area contributed by atoms with Gasteiger partial charge in [0.2, 0.25) is 0 Å². The lowest BCUT2D eigenvalue weighted by molar-refractivity contribution is 0.502. The number of pyridine rings is 1. The number of rotatable bonds is 4. The van der Waals surface area contributed by atoms with Crippen LogP contribution in [0.2, 0.25) is 0 Å². The van der Waals surface area contributed by atoms with E-state index in [0.29, 0.717) is 17.8 Å². The highest BCUT2D eigenvalue weighted by Gasteiger charge is 2.45. The third kappa shape index (κ3) is 3.33. The van der Waals surface area contributed by atoms with E-state index >= 15 is 0 Å². The molecule has 0 N–H and O–H groups in total. The molecule has 0 fully saturated rings. The van der Waals surface area contributed by atoms with E-state index < -0.39 is 21.3 Å². The highest BCUT2D eigenvalue weighted by molar-refractivity contribution is 7.92.